The molecule has 0 fully saturated rings. The molecular weight excluding hydrogens is 236 g/mol. The quantitative estimate of drug-likeness (QED) is 0.849. The molecule has 19 heavy (non-hydrogen) atoms. The zero-order valence-corrected chi connectivity index (χ0v) is 13.3. The van der Waals surface area contributed by atoms with E-state index in [1.54, 1.807) is 0 Å². The topological polar surface area (TPSA) is 38.0 Å². The summed E-state index contributed by atoms with van der Waals surface area (Å²) >= 11 is 0. The minimum absolute atomic E-state index is 0.247. The first kappa shape index (κ1) is 16.2. The standard InChI is InChI=1S/C16H30N2O/c1-7-13(3)18-9-8-14(17-18)11-15(19)10-12(2)16(4,5)6/h8-9,12-13,15,19H,7,10-11H2,1-6H3. The highest BCUT2D eigenvalue weighted by atomic mass is 16.3. The molecule has 3 nitrogen and oxygen atoms in total. The number of aliphatic hydroxyl groups is 1. The van der Waals surface area contributed by atoms with Gasteiger partial charge in [-0.15, -0.1) is 0 Å². The third-order valence-corrected chi connectivity index (χ3v) is 4.25. The van der Waals surface area contributed by atoms with Gasteiger partial charge in [-0.1, -0.05) is 34.6 Å². The maximum absolute atomic E-state index is 10.2. The Morgan fingerprint density at radius 2 is 1.95 bits per heavy atom. The maximum atomic E-state index is 10.2. The van der Waals surface area contributed by atoms with Crippen molar-refractivity contribution in [1.82, 2.24) is 9.78 Å². The van der Waals surface area contributed by atoms with Crippen molar-refractivity contribution in [3.63, 3.8) is 0 Å². The highest BCUT2D eigenvalue weighted by Crippen LogP contribution is 2.29. The van der Waals surface area contributed by atoms with E-state index >= 15 is 0 Å². The zero-order chi connectivity index (χ0) is 14.6. The van der Waals surface area contributed by atoms with Gasteiger partial charge in [0.05, 0.1) is 11.8 Å². The molecule has 0 amide bonds. The normalized spacial score (nSPS) is 17.2. The van der Waals surface area contributed by atoms with Gasteiger partial charge in [0.2, 0.25) is 0 Å². The highest BCUT2D eigenvalue weighted by Gasteiger charge is 2.23. The van der Waals surface area contributed by atoms with Crippen molar-refractivity contribution < 1.29 is 5.11 Å². The van der Waals surface area contributed by atoms with Crippen LogP contribution in [0.2, 0.25) is 0 Å². The van der Waals surface area contributed by atoms with Gasteiger partial charge < -0.3 is 5.11 Å². The fraction of sp³-hybridized carbons (Fsp3) is 0.812. The second-order valence-electron chi connectivity index (χ2n) is 6.91. The van der Waals surface area contributed by atoms with Crippen LogP contribution >= 0.6 is 0 Å². The molecule has 3 unspecified atom stereocenters. The van der Waals surface area contributed by atoms with E-state index in [2.05, 4.69) is 46.6 Å². The summed E-state index contributed by atoms with van der Waals surface area (Å²) in [5, 5.41) is 14.7. The monoisotopic (exact) mass is 266 g/mol. The van der Waals surface area contributed by atoms with E-state index in [0.717, 1.165) is 18.5 Å². The molecular formula is C16H30N2O. The molecule has 1 rings (SSSR count). The van der Waals surface area contributed by atoms with Crippen molar-refractivity contribution in [2.24, 2.45) is 11.3 Å². The van der Waals surface area contributed by atoms with Gasteiger partial charge in [-0.3, -0.25) is 4.68 Å². The fourth-order valence-corrected chi connectivity index (χ4v) is 2.01. The SMILES string of the molecule is CCC(C)n1ccc(CC(O)CC(C)C(C)(C)C)n1. The summed E-state index contributed by atoms with van der Waals surface area (Å²) in [6.45, 7) is 13.2. The Morgan fingerprint density at radius 1 is 1.32 bits per heavy atom. The molecule has 3 atom stereocenters. The molecule has 3 heteroatoms. The van der Waals surface area contributed by atoms with Crippen molar-refractivity contribution in [3.05, 3.63) is 18.0 Å². The smallest absolute Gasteiger partial charge is 0.0650 e. The molecule has 0 saturated heterocycles. The van der Waals surface area contributed by atoms with Crippen molar-refractivity contribution in [2.45, 2.75) is 73.0 Å². The van der Waals surface area contributed by atoms with Crippen LogP contribution in [0.4, 0.5) is 0 Å². The minimum Gasteiger partial charge on any atom is -0.393 e. The summed E-state index contributed by atoms with van der Waals surface area (Å²) in [6, 6.07) is 2.45. The molecule has 0 aliphatic rings. The molecule has 0 aromatic carbocycles. The van der Waals surface area contributed by atoms with Gasteiger partial charge in [-0.2, -0.15) is 5.10 Å². The van der Waals surface area contributed by atoms with E-state index in [0.29, 0.717) is 18.4 Å². The van der Waals surface area contributed by atoms with Crippen LogP contribution in [-0.4, -0.2) is 21.0 Å². The molecule has 110 valence electrons. The summed E-state index contributed by atoms with van der Waals surface area (Å²) in [6.07, 6.45) is 4.28. The lowest BCUT2D eigenvalue weighted by molar-refractivity contribution is 0.109. The van der Waals surface area contributed by atoms with Crippen LogP contribution in [0, 0.1) is 11.3 Å². The average molecular weight is 266 g/mol. The van der Waals surface area contributed by atoms with E-state index in [9.17, 15) is 5.11 Å². The lowest BCUT2D eigenvalue weighted by Crippen LogP contribution is -2.24. The first-order valence-corrected chi connectivity index (χ1v) is 7.46. The molecule has 0 radical (unpaired) electrons. The van der Waals surface area contributed by atoms with Crippen LogP contribution < -0.4 is 0 Å². The Bertz CT molecular complexity index is 378. The van der Waals surface area contributed by atoms with E-state index in [1.165, 1.54) is 0 Å². The van der Waals surface area contributed by atoms with Gasteiger partial charge in [0.15, 0.2) is 0 Å². The summed E-state index contributed by atoms with van der Waals surface area (Å²) in [5.41, 5.74) is 1.24. The van der Waals surface area contributed by atoms with Crippen LogP contribution in [0.5, 0.6) is 0 Å². The first-order chi connectivity index (χ1) is 8.74. The van der Waals surface area contributed by atoms with Crippen LogP contribution in [0.15, 0.2) is 12.3 Å². The molecule has 1 heterocycles. The average Bonchev–Trinajstić information content (AvgIpc) is 2.74. The molecule has 0 spiro atoms. The zero-order valence-electron chi connectivity index (χ0n) is 13.3. The summed E-state index contributed by atoms with van der Waals surface area (Å²) in [5.74, 6) is 0.499. The predicted molar refractivity (Wildman–Crippen MR) is 80.2 cm³/mol. The number of hydrogen-bond donors (Lipinski definition) is 1. The van der Waals surface area contributed by atoms with E-state index in [1.807, 2.05) is 16.9 Å². The third kappa shape index (κ3) is 4.98. The number of rotatable bonds is 6. The van der Waals surface area contributed by atoms with Crippen molar-refractivity contribution in [1.29, 1.82) is 0 Å². The Balaban J connectivity index is 2.53. The Morgan fingerprint density at radius 3 is 2.47 bits per heavy atom. The number of aliphatic hydroxyl groups excluding tert-OH is 1. The van der Waals surface area contributed by atoms with Gasteiger partial charge in [0.1, 0.15) is 0 Å². The van der Waals surface area contributed by atoms with Gasteiger partial charge in [-0.05, 0) is 37.2 Å². The van der Waals surface area contributed by atoms with Gasteiger partial charge >= 0.3 is 0 Å². The number of hydrogen-bond acceptors (Lipinski definition) is 2. The summed E-state index contributed by atoms with van der Waals surface area (Å²) < 4.78 is 2.00. The van der Waals surface area contributed by atoms with Gasteiger partial charge in [0.25, 0.3) is 0 Å². The molecule has 1 N–H and O–H groups in total. The molecule has 0 bridgehead atoms. The highest BCUT2D eigenvalue weighted by molar-refractivity contribution is 5.01. The lowest BCUT2D eigenvalue weighted by Gasteiger charge is -2.28. The van der Waals surface area contributed by atoms with Crippen molar-refractivity contribution in [2.75, 3.05) is 0 Å². The van der Waals surface area contributed by atoms with Crippen molar-refractivity contribution in [3.8, 4) is 0 Å². The Labute approximate surface area is 118 Å². The maximum Gasteiger partial charge on any atom is 0.0650 e. The predicted octanol–water partition coefficient (Wildman–Crippen LogP) is 3.83. The Kier molecular flexibility index (Phi) is 5.60. The Hall–Kier alpha value is -0.830. The number of aromatic nitrogens is 2. The van der Waals surface area contributed by atoms with Crippen LogP contribution in [0.3, 0.4) is 0 Å². The fourth-order valence-electron chi connectivity index (χ4n) is 2.01. The summed E-state index contributed by atoms with van der Waals surface area (Å²) in [4.78, 5) is 0. The lowest BCUT2D eigenvalue weighted by atomic mass is 9.78. The molecule has 0 saturated carbocycles. The van der Waals surface area contributed by atoms with Crippen LogP contribution in [-0.2, 0) is 6.42 Å². The minimum atomic E-state index is -0.297. The van der Waals surface area contributed by atoms with Crippen LogP contribution in [0.25, 0.3) is 0 Å². The molecule has 1 aromatic heterocycles. The largest absolute Gasteiger partial charge is 0.393 e. The van der Waals surface area contributed by atoms with E-state index < -0.39 is 0 Å². The molecule has 1 aromatic rings. The molecule has 0 aliphatic heterocycles. The first-order valence-electron chi connectivity index (χ1n) is 7.46. The second-order valence-corrected chi connectivity index (χ2v) is 6.91. The van der Waals surface area contributed by atoms with E-state index in [4.69, 9.17) is 0 Å². The van der Waals surface area contributed by atoms with Gasteiger partial charge in [-0.25, -0.2) is 0 Å². The van der Waals surface area contributed by atoms with Crippen LogP contribution in [0.1, 0.15) is 66.1 Å². The van der Waals surface area contributed by atoms with Gasteiger partial charge in [0, 0.05) is 18.7 Å². The third-order valence-electron chi connectivity index (χ3n) is 4.25. The second kappa shape index (κ2) is 6.56. The van der Waals surface area contributed by atoms with E-state index in [-0.39, 0.29) is 11.5 Å². The van der Waals surface area contributed by atoms with Crippen molar-refractivity contribution >= 4 is 0 Å². The summed E-state index contributed by atoms with van der Waals surface area (Å²) in [7, 11) is 0. The number of nitrogens with zero attached hydrogens (tertiary/aromatic N) is 2. The molecule has 0 aliphatic carbocycles.